The van der Waals surface area contributed by atoms with E-state index in [4.69, 9.17) is 4.74 Å². The Morgan fingerprint density at radius 2 is 2.06 bits per heavy atom. The number of carbonyl (C=O) groups is 1. The largest absolute Gasteiger partial charge is 0.462 e. The monoisotopic (exact) mass is 421 g/mol. The third-order valence-corrected chi connectivity index (χ3v) is 5.90. The predicted octanol–water partition coefficient (Wildman–Crippen LogP) is 3.72. The van der Waals surface area contributed by atoms with Gasteiger partial charge in [-0.1, -0.05) is 0 Å². The lowest BCUT2D eigenvalue weighted by Gasteiger charge is -2.27. The zero-order chi connectivity index (χ0) is 22.0. The minimum atomic E-state index is -0.285. The molecule has 0 unspecified atom stereocenters. The third-order valence-electron chi connectivity index (χ3n) is 5.90. The lowest BCUT2D eigenvalue weighted by atomic mass is 10.0. The van der Waals surface area contributed by atoms with Crippen LogP contribution < -0.4 is 15.5 Å². The van der Waals surface area contributed by atoms with Crippen LogP contribution in [-0.2, 0) is 4.74 Å². The molecule has 4 heterocycles. The minimum Gasteiger partial charge on any atom is -0.462 e. The smallest absolute Gasteiger partial charge is 0.338 e. The molecule has 2 N–H and O–H groups in total. The molecule has 164 valence electrons. The lowest BCUT2D eigenvalue weighted by molar-refractivity contribution is 0.0525. The van der Waals surface area contributed by atoms with Crippen molar-refractivity contribution < 1.29 is 9.53 Å². The van der Waals surface area contributed by atoms with Gasteiger partial charge in [-0.3, -0.25) is 0 Å². The molecule has 0 bridgehead atoms. The summed E-state index contributed by atoms with van der Waals surface area (Å²) in [6.45, 7) is 6.18. The molecule has 7 heteroatoms. The minimum absolute atomic E-state index is 0.285. The van der Waals surface area contributed by atoms with Crippen LogP contribution in [-0.4, -0.2) is 55.2 Å². The van der Waals surface area contributed by atoms with Gasteiger partial charge in [-0.25, -0.2) is 9.78 Å². The molecule has 4 rings (SSSR count). The highest BCUT2D eigenvalue weighted by Gasteiger charge is 2.22. The fraction of sp³-hybridized carbons (Fsp3) is 0.417. The number of carbonyl (C=O) groups excluding carboxylic acids is 1. The molecule has 0 aromatic carbocycles. The Kier molecular flexibility index (Phi) is 6.13. The molecule has 0 atom stereocenters. The molecule has 31 heavy (non-hydrogen) atoms. The second-order valence-electron chi connectivity index (χ2n) is 8.20. The molecular weight excluding hydrogens is 390 g/mol. The fourth-order valence-corrected chi connectivity index (χ4v) is 4.17. The van der Waals surface area contributed by atoms with E-state index in [1.165, 1.54) is 0 Å². The van der Waals surface area contributed by atoms with Gasteiger partial charge in [-0.15, -0.1) is 0 Å². The van der Waals surface area contributed by atoms with Crippen LogP contribution in [0.5, 0.6) is 0 Å². The van der Waals surface area contributed by atoms with E-state index in [1.807, 2.05) is 51.2 Å². The summed E-state index contributed by atoms with van der Waals surface area (Å²) in [4.78, 5) is 19.2. The number of ether oxygens (including phenoxy) is 1. The first-order chi connectivity index (χ1) is 15.0. The lowest BCUT2D eigenvalue weighted by Crippen LogP contribution is -2.36. The summed E-state index contributed by atoms with van der Waals surface area (Å²) in [6.07, 6.45) is 6.00. The van der Waals surface area contributed by atoms with Gasteiger partial charge in [0.2, 0.25) is 0 Å². The van der Waals surface area contributed by atoms with Gasteiger partial charge in [-0.05, 0) is 69.6 Å². The predicted molar refractivity (Wildman–Crippen MR) is 125 cm³/mol. The van der Waals surface area contributed by atoms with Gasteiger partial charge in [0.1, 0.15) is 11.6 Å². The maximum Gasteiger partial charge on any atom is 0.338 e. The van der Waals surface area contributed by atoms with E-state index in [1.54, 1.807) is 0 Å². The molecule has 0 radical (unpaired) electrons. The van der Waals surface area contributed by atoms with Gasteiger partial charge >= 0.3 is 5.97 Å². The van der Waals surface area contributed by atoms with Crippen molar-refractivity contribution in [2.24, 2.45) is 0 Å². The Balaban J connectivity index is 1.86. The number of rotatable bonds is 6. The van der Waals surface area contributed by atoms with Crippen molar-refractivity contribution in [2.75, 3.05) is 44.0 Å². The molecule has 0 saturated carbocycles. The number of hydrogen-bond donors (Lipinski definition) is 2. The number of esters is 1. The Morgan fingerprint density at radius 3 is 2.77 bits per heavy atom. The first-order valence-corrected chi connectivity index (χ1v) is 10.9. The highest BCUT2D eigenvalue weighted by atomic mass is 16.5. The first kappa shape index (κ1) is 21.2. The van der Waals surface area contributed by atoms with Crippen LogP contribution in [0.15, 0.2) is 36.7 Å². The molecule has 0 aliphatic carbocycles. The van der Waals surface area contributed by atoms with Crippen molar-refractivity contribution in [2.45, 2.75) is 32.7 Å². The first-order valence-electron chi connectivity index (χ1n) is 10.9. The van der Waals surface area contributed by atoms with E-state index in [0.29, 0.717) is 18.2 Å². The number of hydrogen-bond acceptors (Lipinski definition) is 6. The molecule has 7 nitrogen and oxygen atoms in total. The number of nitrogens with one attached hydrogen (secondary N) is 2. The Bertz CT molecular complexity index is 1080. The number of nitrogens with zero attached hydrogens (tertiary/aromatic N) is 3. The molecule has 3 aromatic heterocycles. The Hall–Kier alpha value is -3.06. The van der Waals surface area contributed by atoms with Gasteiger partial charge in [0, 0.05) is 43.7 Å². The van der Waals surface area contributed by atoms with Crippen LogP contribution in [0.25, 0.3) is 16.6 Å². The Labute approximate surface area is 183 Å². The molecule has 3 aromatic rings. The van der Waals surface area contributed by atoms with Crippen molar-refractivity contribution in [1.29, 1.82) is 0 Å². The summed E-state index contributed by atoms with van der Waals surface area (Å²) in [5.74, 6) is 1.56. The zero-order valence-corrected chi connectivity index (χ0v) is 18.7. The molecule has 1 aliphatic heterocycles. The van der Waals surface area contributed by atoms with Gasteiger partial charge in [0.25, 0.3) is 0 Å². The molecular formula is C24H31N5O2. The second kappa shape index (κ2) is 8.98. The van der Waals surface area contributed by atoms with E-state index in [0.717, 1.165) is 59.8 Å². The quantitative estimate of drug-likeness (QED) is 0.591. The van der Waals surface area contributed by atoms with E-state index < -0.39 is 0 Å². The number of pyridine rings is 2. The van der Waals surface area contributed by atoms with Crippen LogP contribution in [0.4, 0.5) is 11.6 Å². The van der Waals surface area contributed by atoms with Crippen molar-refractivity contribution in [3.63, 3.8) is 0 Å². The molecule has 1 aliphatic rings. The SMILES string of the molecule is CCOC(=O)c1cc2c(-c3ccnc(N(C)C)c3)ccn2c(NC2CCNCC2)c1C. The summed E-state index contributed by atoms with van der Waals surface area (Å²) < 4.78 is 7.53. The van der Waals surface area contributed by atoms with Crippen molar-refractivity contribution >= 4 is 23.1 Å². The van der Waals surface area contributed by atoms with Crippen LogP contribution in [0, 0.1) is 6.92 Å². The van der Waals surface area contributed by atoms with E-state index in [9.17, 15) is 4.79 Å². The standard InChI is InChI=1S/C24H31N5O2/c1-5-31-24(30)20-15-21-19(17-6-12-26-22(14-17)28(3)4)9-13-29(21)23(16(20)2)27-18-7-10-25-11-8-18/h6,9,12-15,18,25,27H,5,7-8,10-11H2,1-4H3. The van der Waals surface area contributed by atoms with Gasteiger partial charge in [-0.2, -0.15) is 0 Å². The van der Waals surface area contributed by atoms with Gasteiger partial charge in [0.15, 0.2) is 0 Å². The van der Waals surface area contributed by atoms with Crippen LogP contribution >= 0.6 is 0 Å². The summed E-state index contributed by atoms with van der Waals surface area (Å²) in [7, 11) is 3.96. The number of aromatic nitrogens is 2. The van der Waals surface area contributed by atoms with E-state index in [-0.39, 0.29) is 5.97 Å². The maximum absolute atomic E-state index is 12.8. The number of fused-ring (bicyclic) bond motifs is 1. The number of piperidine rings is 1. The van der Waals surface area contributed by atoms with Crippen molar-refractivity contribution in [1.82, 2.24) is 14.7 Å². The van der Waals surface area contributed by atoms with Gasteiger partial charge in [0.05, 0.1) is 17.7 Å². The van der Waals surface area contributed by atoms with Crippen molar-refractivity contribution in [3.05, 3.63) is 47.8 Å². The van der Waals surface area contributed by atoms with Crippen LogP contribution in [0.3, 0.4) is 0 Å². The van der Waals surface area contributed by atoms with Gasteiger partial charge < -0.3 is 24.7 Å². The highest BCUT2D eigenvalue weighted by Crippen LogP contribution is 2.33. The average Bonchev–Trinajstić information content (AvgIpc) is 3.20. The van der Waals surface area contributed by atoms with Crippen LogP contribution in [0.1, 0.15) is 35.7 Å². The van der Waals surface area contributed by atoms with E-state index >= 15 is 0 Å². The summed E-state index contributed by atoms with van der Waals surface area (Å²) in [6, 6.07) is 8.50. The molecule has 1 fully saturated rings. The molecule has 0 amide bonds. The van der Waals surface area contributed by atoms with Crippen LogP contribution in [0.2, 0.25) is 0 Å². The molecule has 1 saturated heterocycles. The van der Waals surface area contributed by atoms with Crippen molar-refractivity contribution in [3.8, 4) is 11.1 Å². The average molecular weight is 422 g/mol. The summed E-state index contributed by atoms with van der Waals surface area (Å²) >= 11 is 0. The normalized spacial score (nSPS) is 14.6. The zero-order valence-electron chi connectivity index (χ0n) is 18.7. The summed E-state index contributed by atoms with van der Waals surface area (Å²) in [5, 5.41) is 7.13. The summed E-state index contributed by atoms with van der Waals surface area (Å²) in [5.41, 5.74) is 4.61. The third kappa shape index (κ3) is 4.23. The molecule has 0 spiro atoms. The topological polar surface area (TPSA) is 70.9 Å². The number of anilines is 2. The Morgan fingerprint density at radius 1 is 1.29 bits per heavy atom. The highest BCUT2D eigenvalue weighted by molar-refractivity contribution is 5.96. The maximum atomic E-state index is 12.8. The fourth-order valence-electron chi connectivity index (χ4n) is 4.17. The second-order valence-corrected chi connectivity index (χ2v) is 8.20. The van der Waals surface area contributed by atoms with E-state index in [2.05, 4.69) is 38.3 Å².